The molecule has 41 heavy (non-hydrogen) atoms. The fourth-order valence-corrected chi connectivity index (χ4v) is 4.18. The van der Waals surface area contributed by atoms with E-state index in [4.69, 9.17) is 14.9 Å². The summed E-state index contributed by atoms with van der Waals surface area (Å²) in [5, 5.41) is 13.4. The molecule has 1 amide bonds. The number of ether oxygens (including phenoxy) is 1. The summed E-state index contributed by atoms with van der Waals surface area (Å²) in [4.78, 5) is 21.9. The molecule has 0 radical (unpaired) electrons. The molecule has 9 nitrogen and oxygen atoms in total. The van der Waals surface area contributed by atoms with Gasteiger partial charge in [-0.05, 0) is 44.0 Å². The third-order valence-corrected chi connectivity index (χ3v) is 6.38. The summed E-state index contributed by atoms with van der Waals surface area (Å²) >= 11 is 0. The zero-order valence-corrected chi connectivity index (χ0v) is 22.3. The van der Waals surface area contributed by atoms with Gasteiger partial charge in [-0.1, -0.05) is 23.8 Å². The molecule has 3 aromatic rings. The maximum Gasteiger partial charge on any atom is 0.420 e. The molecule has 216 valence electrons. The summed E-state index contributed by atoms with van der Waals surface area (Å²) in [7, 11) is 0. The third kappa shape index (κ3) is 7.69. The summed E-state index contributed by atoms with van der Waals surface area (Å²) in [5.74, 6) is -0.0810. The van der Waals surface area contributed by atoms with E-state index in [1.165, 1.54) is 24.4 Å². The molecule has 4 rings (SSSR count). The minimum absolute atomic E-state index is 0.118. The van der Waals surface area contributed by atoms with Crippen molar-refractivity contribution in [2.45, 2.75) is 25.9 Å². The van der Waals surface area contributed by atoms with E-state index < -0.39 is 23.9 Å². The molecule has 12 heteroatoms. The Bertz CT molecular complexity index is 1490. The molecule has 1 aliphatic heterocycles. The van der Waals surface area contributed by atoms with Crippen molar-refractivity contribution < 1.29 is 32.2 Å². The van der Waals surface area contributed by atoms with Gasteiger partial charge >= 0.3 is 6.18 Å². The lowest BCUT2D eigenvalue weighted by Gasteiger charge is -2.31. The SMILES string of the molecule is C=N\C(N)=C/C=C(C)/C=C/C(=O)NCc1cc2cc(-c3ccc(C(O)N4CCOCC4)cn3)cc(C(F)(F)F)c2o1. The summed E-state index contributed by atoms with van der Waals surface area (Å²) in [6.07, 6.45) is 1.89. The van der Waals surface area contributed by atoms with Crippen LogP contribution in [0.1, 0.15) is 30.0 Å². The Morgan fingerprint density at radius 1 is 1.24 bits per heavy atom. The number of morpholine rings is 1. The van der Waals surface area contributed by atoms with Gasteiger partial charge in [-0.15, -0.1) is 0 Å². The standard InChI is InChI=1S/C29H30F3N5O4/c1-18(3-7-25(33)34-2)4-8-26(38)36-17-22-14-21-13-20(15-23(27(21)41-22)29(30,31)32)24-6-5-19(16-35-24)28(39)37-9-11-40-12-10-37/h3-8,13-16,28,39H,2,9-12,17,33H2,1H3,(H,36,38)/b8-4+,18-3+,25-7-. The predicted octanol–water partition coefficient (Wildman–Crippen LogP) is 4.46. The fraction of sp³-hybridized carbons (Fsp3) is 0.276. The molecule has 0 saturated carbocycles. The molecule has 1 fully saturated rings. The van der Waals surface area contributed by atoms with Crippen molar-refractivity contribution in [2.24, 2.45) is 10.7 Å². The summed E-state index contributed by atoms with van der Waals surface area (Å²) in [5.41, 5.74) is 6.03. The quantitative estimate of drug-likeness (QED) is 0.197. The number of nitrogens with zero attached hydrogens (tertiary/aromatic N) is 3. The molecule has 1 aromatic carbocycles. The van der Waals surface area contributed by atoms with E-state index in [1.54, 1.807) is 37.3 Å². The lowest BCUT2D eigenvalue weighted by Crippen LogP contribution is -2.39. The molecule has 0 aliphatic carbocycles. The van der Waals surface area contributed by atoms with Crippen molar-refractivity contribution in [1.82, 2.24) is 15.2 Å². The van der Waals surface area contributed by atoms with Crippen LogP contribution < -0.4 is 11.1 Å². The van der Waals surface area contributed by atoms with Crippen LogP contribution in [0.4, 0.5) is 13.2 Å². The van der Waals surface area contributed by atoms with Crippen LogP contribution in [0.5, 0.6) is 0 Å². The molecule has 0 bridgehead atoms. The summed E-state index contributed by atoms with van der Waals surface area (Å²) < 4.78 is 52.8. The average molecular weight is 570 g/mol. The Balaban J connectivity index is 1.52. The van der Waals surface area contributed by atoms with Crippen molar-refractivity contribution in [1.29, 1.82) is 0 Å². The first kappa shape index (κ1) is 29.7. The number of hydrogen-bond donors (Lipinski definition) is 3. The van der Waals surface area contributed by atoms with Crippen molar-refractivity contribution in [3.63, 3.8) is 0 Å². The minimum Gasteiger partial charge on any atom is -0.459 e. The number of benzene rings is 1. The van der Waals surface area contributed by atoms with Crippen molar-refractivity contribution in [2.75, 3.05) is 26.3 Å². The van der Waals surface area contributed by atoms with Crippen molar-refractivity contribution in [3.8, 4) is 11.3 Å². The molecular weight excluding hydrogens is 539 g/mol. The monoisotopic (exact) mass is 569 g/mol. The van der Waals surface area contributed by atoms with E-state index in [0.717, 1.165) is 11.6 Å². The van der Waals surface area contributed by atoms with E-state index >= 15 is 0 Å². The van der Waals surface area contributed by atoms with Gasteiger partial charge in [-0.25, -0.2) is 4.99 Å². The van der Waals surface area contributed by atoms with Gasteiger partial charge in [0, 0.05) is 41.9 Å². The second kappa shape index (κ2) is 12.9. The first-order chi connectivity index (χ1) is 19.5. The highest BCUT2D eigenvalue weighted by molar-refractivity contribution is 5.89. The van der Waals surface area contributed by atoms with Crippen molar-refractivity contribution in [3.05, 3.63) is 89.1 Å². The smallest absolute Gasteiger partial charge is 0.420 e. The lowest BCUT2D eigenvalue weighted by atomic mass is 10.0. The first-order valence-electron chi connectivity index (χ1n) is 12.7. The van der Waals surface area contributed by atoms with Gasteiger partial charge in [0.1, 0.15) is 23.4 Å². The molecule has 3 heterocycles. The number of carbonyl (C=O) groups is 1. The number of aliphatic imine (C=N–C) groups is 1. The number of aliphatic hydroxyl groups is 1. The number of carbonyl (C=O) groups excluding carboxylic acids is 1. The topological polar surface area (TPSA) is 126 Å². The largest absolute Gasteiger partial charge is 0.459 e. The van der Waals surface area contributed by atoms with Gasteiger partial charge in [0.15, 0.2) is 0 Å². The maximum atomic E-state index is 14.0. The zero-order valence-electron chi connectivity index (χ0n) is 22.3. The number of amides is 1. The highest BCUT2D eigenvalue weighted by Crippen LogP contribution is 2.39. The number of allylic oxidation sites excluding steroid dienone is 4. The molecular formula is C29H30F3N5O4. The number of nitrogens with one attached hydrogen (secondary N) is 1. The van der Waals surface area contributed by atoms with Crippen LogP contribution >= 0.6 is 0 Å². The number of aliphatic hydroxyl groups excluding tert-OH is 1. The first-order valence-corrected chi connectivity index (χ1v) is 12.7. The highest BCUT2D eigenvalue weighted by atomic mass is 19.4. The molecule has 1 aliphatic rings. The van der Waals surface area contributed by atoms with Crippen LogP contribution in [0, 0.1) is 0 Å². The van der Waals surface area contributed by atoms with Crippen LogP contribution in [0.25, 0.3) is 22.2 Å². The molecule has 4 N–H and O–H groups in total. The number of nitrogens with two attached hydrogens (primary N) is 1. The van der Waals surface area contributed by atoms with E-state index in [-0.39, 0.29) is 34.7 Å². The highest BCUT2D eigenvalue weighted by Gasteiger charge is 2.35. The number of fused-ring (bicyclic) bond motifs is 1. The second-order valence-corrected chi connectivity index (χ2v) is 9.36. The number of alkyl halides is 3. The van der Waals surface area contributed by atoms with Gasteiger partial charge in [0.25, 0.3) is 0 Å². The number of aromatic nitrogens is 1. The predicted molar refractivity (Wildman–Crippen MR) is 148 cm³/mol. The Kier molecular flexibility index (Phi) is 9.38. The van der Waals surface area contributed by atoms with E-state index in [1.807, 2.05) is 4.90 Å². The van der Waals surface area contributed by atoms with Crippen molar-refractivity contribution >= 4 is 23.6 Å². The van der Waals surface area contributed by atoms with Crippen LogP contribution in [0.15, 0.2) is 81.6 Å². The van der Waals surface area contributed by atoms with Gasteiger partial charge in [0.2, 0.25) is 5.91 Å². The van der Waals surface area contributed by atoms with Gasteiger partial charge < -0.3 is 25.3 Å². The molecule has 0 spiro atoms. The molecule has 1 atom stereocenters. The van der Waals surface area contributed by atoms with Gasteiger partial charge in [-0.3, -0.25) is 14.7 Å². The number of halogens is 3. The van der Waals surface area contributed by atoms with Crippen LogP contribution in [0.3, 0.4) is 0 Å². The van der Waals surface area contributed by atoms with Crippen LogP contribution in [0.2, 0.25) is 0 Å². The number of hydrogen-bond acceptors (Lipinski definition) is 8. The number of furan rings is 1. The minimum atomic E-state index is -4.69. The zero-order chi connectivity index (χ0) is 29.6. The summed E-state index contributed by atoms with van der Waals surface area (Å²) in [6, 6.07) is 7.20. The molecule has 2 aromatic heterocycles. The lowest BCUT2D eigenvalue weighted by molar-refractivity contribution is -0.136. The number of rotatable bonds is 9. The number of pyridine rings is 1. The molecule has 1 saturated heterocycles. The average Bonchev–Trinajstić information content (AvgIpc) is 3.39. The van der Waals surface area contributed by atoms with Crippen LogP contribution in [-0.2, 0) is 22.3 Å². The second-order valence-electron chi connectivity index (χ2n) is 9.36. The van der Waals surface area contributed by atoms with Gasteiger partial charge in [-0.2, -0.15) is 13.2 Å². The van der Waals surface area contributed by atoms with Crippen LogP contribution in [-0.4, -0.2) is 53.9 Å². The van der Waals surface area contributed by atoms with Gasteiger partial charge in [0.05, 0.1) is 31.0 Å². The van der Waals surface area contributed by atoms with E-state index in [2.05, 4.69) is 22.0 Å². The maximum absolute atomic E-state index is 14.0. The molecule has 1 unspecified atom stereocenters. The Labute approximate surface area is 234 Å². The Morgan fingerprint density at radius 3 is 2.66 bits per heavy atom. The third-order valence-electron chi connectivity index (χ3n) is 6.38. The van der Waals surface area contributed by atoms with E-state index in [9.17, 15) is 23.1 Å². The van der Waals surface area contributed by atoms with E-state index in [0.29, 0.717) is 37.6 Å². The Hall–Kier alpha value is -4.26. The normalized spacial score (nSPS) is 16.3. The fourth-order valence-electron chi connectivity index (χ4n) is 4.18. The summed E-state index contributed by atoms with van der Waals surface area (Å²) in [6.45, 7) is 7.08. The Morgan fingerprint density at radius 2 is 2.00 bits per heavy atom.